The number of piperazine rings is 1. The molecule has 0 spiro atoms. The minimum atomic E-state index is -0.589. The van der Waals surface area contributed by atoms with Crippen molar-refractivity contribution in [2.24, 2.45) is 17.8 Å². The second kappa shape index (κ2) is 8.88. The van der Waals surface area contributed by atoms with Crippen LogP contribution in [0.5, 0.6) is 0 Å². The van der Waals surface area contributed by atoms with Crippen molar-refractivity contribution in [2.45, 2.75) is 101 Å². The Morgan fingerprint density at radius 1 is 0.969 bits per heavy atom. The van der Waals surface area contributed by atoms with Crippen LogP contribution >= 0.6 is 0 Å². The molecule has 4 unspecified atom stereocenters. The lowest BCUT2D eigenvalue weighted by atomic mass is 9.65. The van der Waals surface area contributed by atoms with Crippen molar-refractivity contribution >= 4 is 11.8 Å². The Morgan fingerprint density at radius 2 is 1.69 bits per heavy atom. The minimum Gasteiger partial charge on any atom is -0.385 e. The van der Waals surface area contributed by atoms with E-state index in [1.807, 2.05) is 0 Å². The molecule has 0 aromatic heterocycles. The maximum absolute atomic E-state index is 13.4. The lowest BCUT2D eigenvalue weighted by molar-refractivity contribution is -0.214. The standard InChI is InChI=1S/C25H40N2O5/c1-16-13-26(24(29)23-4-3-11-32-23)22-12-19(7-10-21(22)27(16)17(2)28)18-5-8-20(9-6-18)25(30)14-31-15-25/h16,18-23,30H,3-15H2,1-2H3/t16-,18?,19?,20?,21?,22?,23?/m0/s1. The first-order valence-electron chi connectivity index (χ1n) is 12.9. The molecular formula is C25H40N2O5. The molecule has 0 aromatic rings. The molecule has 5 atom stereocenters. The van der Waals surface area contributed by atoms with Crippen LogP contribution < -0.4 is 0 Å². The Morgan fingerprint density at radius 3 is 2.28 bits per heavy atom. The molecular weight excluding hydrogens is 408 g/mol. The average Bonchev–Trinajstić information content (AvgIpc) is 3.31. The molecule has 1 N–H and O–H groups in total. The van der Waals surface area contributed by atoms with Crippen LogP contribution in [0.1, 0.15) is 71.6 Å². The Kier molecular flexibility index (Phi) is 6.27. The highest BCUT2D eigenvalue weighted by Crippen LogP contribution is 2.46. The van der Waals surface area contributed by atoms with E-state index in [4.69, 9.17) is 9.47 Å². The quantitative estimate of drug-likeness (QED) is 0.717. The predicted octanol–water partition coefficient (Wildman–Crippen LogP) is 2.35. The zero-order valence-corrected chi connectivity index (χ0v) is 19.7. The molecule has 2 aliphatic carbocycles. The third-order valence-corrected chi connectivity index (χ3v) is 9.27. The molecule has 32 heavy (non-hydrogen) atoms. The van der Waals surface area contributed by atoms with Gasteiger partial charge in [-0.25, -0.2) is 0 Å². The predicted molar refractivity (Wildman–Crippen MR) is 119 cm³/mol. The van der Waals surface area contributed by atoms with Gasteiger partial charge in [0.15, 0.2) is 0 Å². The van der Waals surface area contributed by atoms with Crippen molar-refractivity contribution in [1.29, 1.82) is 0 Å². The summed E-state index contributed by atoms with van der Waals surface area (Å²) in [5, 5.41) is 10.7. The number of hydrogen-bond donors (Lipinski definition) is 1. The molecule has 2 amide bonds. The van der Waals surface area contributed by atoms with Crippen molar-refractivity contribution < 1.29 is 24.2 Å². The molecule has 0 aromatic carbocycles. The number of aliphatic hydroxyl groups is 1. The number of hydrogen-bond acceptors (Lipinski definition) is 5. The fourth-order valence-corrected chi connectivity index (χ4v) is 7.51. The van der Waals surface area contributed by atoms with E-state index in [1.165, 1.54) is 0 Å². The molecule has 5 rings (SSSR count). The number of fused-ring (bicyclic) bond motifs is 1. The molecule has 3 heterocycles. The Labute approximate surface area is 191 Å². The van der Waals surface area contributed by atoms with Crippen molar-refractivity contribution in [3.05, 3.63) is 0 Å². The summed E-state index contributed by atoms with van der Waals surface area (Å²) in [7, 11) is 0. The summed E-state index contributed by atoms with van der Waals surface area (Å²) in [6.07, 6.45) is 9.02. The topological polar surface area (TPSA) is 79.3 Å². The molecule has 180 valence electrons. The van der Waals surface area contributed by atoms with Gasteiger partial charge in [0.2, 0.25) is 5.91 Å². The van der Waals surface area contributed by atoms with Crippen LogP contribution in [0.25, 0.3) is 0 Å². The van der Waals surface area contributed by atoms with Crippen LogP contribution in [0, 0.1) is 17.8 Å². The van der Waals surface area contributed by atoms with Crippen LogP contribution in [0.3, 0.4) is 0 Å². The number of carbonyl (C=O) groups is 2. The van der Waals surface area contributed by atoms with E-state index in [2.05, 4.69) is 16.7 Å². The second-order valence-corrected chi connectivity index (χ2v) is 11.2. The Hall–Kier alpha value is -1.18. The van der Waals surface area contributed by atoms with Gasteiger partial charge in [-0.05, 0) is 82.5 Å². The van der Waals surface area contributed by atoms with Crippen molar-refractivity contribution in [3.8, 4) is 0 Å². The van der Waals surface area contributed by atoms with Crippen molar-refractivity contribution in [1.82, 2.24) is 9.80 Å². The van der Waals surface area contributed by atoms with E-state index in [1.54, 1.807) is 6.92 Å². The van der Waals surface area contributed by atoms with Gasteiger partial charge in [0, 0.05) is 26.1 Å². The summed E-state index contributed by atoms with van der Waals surface area (Å²) < 4.78 is 11.0. The lowest BCUT2D eigenvalue weighted by Gasteiger charge is -2.55. The fraction of sp³-hybridized carbons (Fsp3) is 0.920. The van der Waals surface area contributed by atoms with E-state index in [9.17, 15) is 14.7 Å². The van der Waals surface area contributed by atoms with E-state index >= 15 is 0 Å². The average molecular weight is 449 g/mol. The first kappa shape index (κ1) is 22.6. The van der Waals surface area contributed by atoms with Gasteiger partial charge in [-0.1, -0.05) is 0 Å². The molecule has 3 aliphatic heterocycles. The van der Waals surface area contributed by atoms with Gasteiger partial charge in [-0.3, -0.25) is 9.59 Å². The maximum Gasteiger partial charge on any atom is 0.252 e. The van der Waals surface area contributed by atoms with E-state index in [0.29, 0.717) is 44.1 Å². The highest BCUT2D eigenvalue weighted by Gasteiger charge is 2.50. The summed E-state index contributed by atoms with van der Waals surface area (Å²) in [6, 6.07) is 0.283. The SMILES string of the molecule is CC(=O)N1C2CCC(C3CCC(C4(O)COC4)CC3)CC2N(C(=O)C2CCCO2)C[C@@H]1C. The first-order chi connectivity index (χ1) is 15.4. The summed E-state index contributed by atoms with van der Waals surface area (Å²) in [6.45, 7) is 6.04. The van der Waals surface area contributed by atoms with E-state index in [0.717, 1.165) is 57.8 Å². The Balaban J connectivity index is 1.29. The largest absolute Gasteiger partial charge is 0.385 e. The fourth-order valence-electron chi connectivity index (χ4n) is 7.51. The van der Waals surface area contributed by atoms with Gasteiger partial charge in [-0.15, -0.1) is 0 Å². The summed E-state index contributed by atoms with van der Waals surface area (Å²) in [5.41, 5.74) is -0.589. The first-order valence-corrected chi connectivity index (χ1v) is 12.9. The number of rotatable bonds is 3. The molecule has 3 saturated heterocycles. The van der Waals surface area contributed by atoms with Crippen molar-refractivity contribution in [2.75, 3.05) is 26.4 Å². The van der Waals surface area contributed by atoms with Crippen LogP contribution in [0.15, 0.2) is 0 Å². The van der Waals surface area contributed by atoms with Crippen LogP contribution in [-0.2, 0) is 19.1 Å². The number of nitrogens with zero attached hydrogens (tertiary/aromatic N) is 2. The van der Waals surface area contributed by atoms with Crippen LogP contribution in [0.4, 0.5) is 0 Å². The van der Waals surface area contributed by atoms with Gasteiger partial charge < -0.3 is 24.4 Å². The van der Waals surface area contributed by atoms with Gasteiger partial charge in [0.25, 0.3) is 5.91 Å². The zero-order chi connectivity index (χ0) is 22.5. The molecule has 5 aliphatic rings. The van der Waals surface area contributed by atoms with E-state index < -0.39 is 5.60 Å². The van der Waals surface area contributed by atoms with Crippen LogP contribution in [-0.4, -0.2) is 82.9 Å². The summed E-state index contributed by atoms with van der Waals surface area (Å²) in [4.78, 5) is 30.1. The van der Waals surface area contributed by atoms with Gasteiger partial charge in [0.05, 0.1) is 25.3 Å². The normalized spacial score (nSPS) is 41.7. The van der Waals surface area contributed by atoms with Gasteiger partial charge in [0.1, 0.15) is 11.7 Å². The Bertz CT molecular complexity index is 711. The molecule has 2 saturated carbocycles. The monoisotopic (exact) mass is 448 g/mol. The molecule has 5 fully saturated rings. The third-order valence-electron chi connectivity index (χ3n) is 9.27. The lowest BCUT2D eigenvalue weighted by Crippen LogP contribution is -2.68. The van der Waals surface area contributed by atoms with E-state index in [-0.39, 0.29) is 36.0 Å². The van der Waals surface area contributed by atoms with Crippen molar-refractivity contribution in [3.63, 3.8) is 0 Å². The summed E-state index contributed by atoms with van der Waals surface area (Å²) in [5.74, 6) is 1.88. The maximum atomic E-state index is 13.4. The molecule has 0 radical (unpaired) electrons. The highest BCUT2D eigenvalue weighted by molar-refractivity contribution is 5.82. The van der Waals surface area contributed by atoms with Gasteiger partial charge in [-0.2, -0.15) is 0 Å². The highest BCUT2D eigenvalue weighted by atomic mass is 16.5. The van der Waals surface area contributed by atoms with Crippen LogP contribution in [0.2, 0.25) is 0 Å². The summed E-state index contributed by atoms with van der Waals surface area (Å²) >= 11 is 0. The minimum absolute atomic E-state index is 0.0523. The second-order valence-electron chi connectivity index (χ2n) is 11.2. The number of carbonyl (C=O) groups excluding carboxylic acids is 2. The zero-order valence-electron chi connectivity index (χ0n) is 19.7. The molecule has 0 bridgehead atoms. The third kappa shape index (κ3) is 3.98. The number of ether oxygens (including phenoxy) is 2. The number of amides is 2. The molecule has 7 heteroatoms. The smallest absolute Gasteiger partial charge is 0.252 e. The molecule has 7 nitrogen and oxygen atoms in total. The van der Waals surface area contributed by atoms with Gasteiger partial charge >= 0.3 is 0 Å².